The van der Waals surface area contributed by atoms with Crippen molar-refractivity contribution in [3.63, 3.8) is 0 Å². The second kappa shape index (κ2) is 4.42. The Morgan fingerprint density at radius 3 is 2.40 bits per heavy atom. The Kier molecular flexibility index (Phi) is 3.26. The predicted molar refractivity (Wildman–Crippen MR) is 75.9 cm³/mol. The summed E-state index contributed by atoms with van der Waals surface area (Å²) in [7, 11) is 3.39. The van der Waals surface area contributed by atoms with Crippen LogP contribution in [0.4, 0.5) is 18.9 Å². The molecule has 1 aromatic carbocycles. The first-order valence-electron chi connectivity index (χ1n) is 6.01. The molecule has 0 fully saturated rings. The maximum absolute atomic E-state index is 13.6. The van der Waals surface area contributed by atoms with Crippen LogP contribution in [0.15, 0.2) is 23.8 Å². The Hall–Kier alpha value is -1.67. The quantitative estimate of drug-likeness (QED) is 0.525. The van der Waals surface area contributed by atoms with Crippen LogP contribution in [-0.4, -0.2) is 22.0 Å². The van der Waals surface area contributed by atoms with Gasteiger partial charge in [-0.3, -0.25) is 4.90 Å². The Balaban J connectivity index is 2.83. The fraction of sp³-hybridized carbons (Fsp3) is 0.333. The van der Waals surface area contributed by atoms with Crippen LogP contribution in [0.2, 0.25) is 0 Å². The minimum absolute atomic E-state index is 0.215. The van der Waals surface area contributed by atoms with Crippen molar-refractivity contribution in [3.05, 3.63) is 29.3 Å². The van der Waals surface area contributed by atoms with Crippen molar-refractivity contribution >= 4 is 26.7 Å². The van der Waals surface area contributed by atoms with E-state index in [-0.39, 0.29) is 5.57 Å². The molecule has 2 rings (SSSR count). The first-order chi connectivity index (χ1) is 9.14. The van der Waals surface area contributed by atoms with Gasteiger partial charge in [0.05, 0.1) is 15.9 Å². The molecule has 0 amide bonds. The zero-order valence-electron chi connectivity index (χ0n) is 11.4. The van der Waals surface area contributed by atoms with Gasteiger partial charge in [0.2, 0.25) is 0 Å². The van der Waals surface area contributed by atoms with Crippen LogP contribution in [0.25, 0.3) is 5.57 Å². The van der Waals surface area contributed by atoms with Crippen molar-refractivity contribution in [2.75, 3.05) is 4.90 Å². The number of allylic oxidation sites excluding steroid dienone is 1. The van der Waals surface area contributed by atoms with E-state index in [1.54, 1.807) is 25.1 Å². The summed E-state index contributed by atoms with van der Waals surface area (Å²) in [5, 5.41) is 0.795. The van der Waals surface area contributed by atoms with E-state index >= 15 is 0 Å². The van der Waals surface area contributed by atoms with Gasteiger partial charge in [-0.1, -0.05) is 23.7 Å². The number of nitrogens with zero attached hydrogens (tertiary/aromatic N) is 1. The number of halogens is 3. The Morgan fingerprint density at radius 2 is 1.90 bits per heavy atom. The van der Waals surface area contributed by atoms with Gasteiger partial charge in [0.25, 0.3) is 0 Å². The van der Waals surface area contributed by atoms with E-state index in [4.69, 9.17) is 6.42 Å². The monoisotopic (exact) mass is 292 g/mol. The summed E-state index contributed by atoms with van der Waals surface area (Å²) in [6, 6.07) is 7.27. The third-order valence-corrected chi connectivity index (χ3v) is 4.37. The average molecular weight is 292 g/mol. The molecule has 103 valence electrons. The topological polar surface area (TPSA) is 3.24 Å². The molecule has 3 radical (unpaired) electrons. The van der Waals surface area contributed by atoms with Crippen LogP contribution in [0.3, 0.4) is 0 Å². The molecule has 0 N–H and O–H groups in total. The second-order valence-electron chi connectivity index (χ2n) is 5.02. The molecular formula is C15H13F3NSi. The molecule has 1 nitrogen and oxygen atoms in total. The summed E-state index contributed by atoms with van der Waals surface area (Å²) < 4.78 is 40.7. The van der Waals surface area contributed by atoms with Gasteiger partial charge in [-0.25, -0.2) is 0 Å². The highest BCUT2D eigenvalue weighted by Gasteiger charge is 2.58. The molecule has 1 heterocycles. The lowest BCUT2D eigenvalue weighted by Gasteiger charge is -2.45. The molecule has 0 spiro atoms. The number of hydrogen-bond acceptors (Lipinski definition) is 1. The van der Waals surface area contributed by atoms with Crippen LogP contribution >= 0.6 is 0 Å². The van der Waals surface area contributed by atoms with Crippen LogP contribution in [-0.2, 0) is 0 Å². The normalized spacial score (nSPS) is 22.6. The number of hydrogen-bond donors (Lipinski definition) is 0. The molecule has 0 bridgehead atoms. The number of benzene rings is 1. The Morgan fingerprint density at radius 1 is 1.30 bits per heavy atom. The number of alkyl halides is 3. The van der Waals surface area contributed by atoms with E-state index in [0.29, 0.717) is 11.3 Å². The standard InChI is InChI=1S/C15H13F3NSi/c1-5-19-13-7-6-11(20)8-12(13)9(2)10(3)14(19,4)15(16,17)18/h1,6-8H,2-4H3. The van der Waals surface area contributed by atoms with E-state index in [1.807, 2.05) is 0 Å². The van der Waals surface area contributed by atoms with Gasteiger partial charge in [0.15, 0.2) is 5.54 Å². The second-order valence-corrected chi connectivity index (χ2v) is 5.59. The molecule has 0 aliphatic carbocycles. The molecule has 1 atom stereocenters. The molecule has 0 aromatic heterocycles. The molecule has 20 heavy (non-hydrogen) atoms. The van der Waals surface area contributed by atoms with Crippen molar-refractivity contribution in [1.29, 1.82) is 0 Å². The highest BCUT2D eigenvalue weighted by atomic mass is 28.1. The van der Waals surface area contributed by atoms with Crippen LogP contribution in [0.1, 0.15) is 26.3 Å². The highest BCUT2D eigenvalue weighted by molar-refractivity contribution is 6.32. The molecular weight excluding hydrogens is 279 g/mol. The van der Waals surface area contributed by atoms with Crippen LogP contribution in [0, 0.1) is 12.5 Å². The van der Waals surface area contributed by atoms with Gasteiger partial charge >= 0.3 is 6.18 Å². The molecule has 1 aliphatic heterocycles. The maximum Gasteiger partial charge on any atom is 0.416 e. The zero-order valence-corrected chi connectivity index (χ0v) is 12.4. The molecule has 5 heteroatoms. The first-order valence-corrected chi connectivity index (χ1v) is 6.51. The average Bonchev–Trinajstić information content (AvgIpc) is 2.36. The fourth-order valence-electron chi connectivity index (χ4n) is 2.55. The molecule has 1 unspecified atom stereocenters. The summed E-state index contributed by atoms with van der Waals surface area (Å²) in [5.41, 5.74) is -0.252. The fourth-order valence-corrected chi connectivity index (χ4v) is 2.77. The maximum atomic E-state index is 13.6. The Labute approximate surface area is 119 Å². The van der Waals surface area contributed by atoms with Crippen molar-refractivity contribution in [1.82, 2.24) is 0 Å². The summed E-state index contributed by atoms with van der Waals surface area (Å²) in [5.74, 6) is 0. The van der Waals surface area contributed by atoms with E-state index < -0.39 is 11.7 Å². The van der Waals surface area contributed by atoms with Gasteiger partial charge in [0.1, 0.15) is 0 Å². The summed E-state index contributed by atoms with van der Waals surface area (Å²) in [6.07, 6.45) is 0.914. The van der Waals surface area contributed by atoms with Gasteiger partial charge in [-0.05, 0) is 38.0 Å². The largest absolute Gasteiger partial charge is 0.416 e. The van der Waals surface area contributed by atoms with Crippen LogP contribution in [0.5, 0.6) is 0 Å². The van der Waals surface area contributed by atoms with Gasteiger partial charge in [-0.15, -0.1) is 0 Å². The number of anilines is 1. The van der Waals surface area contributed by atoms with Crippen LogP contribution < -0.4 is 10.1 Å². The minimum atomic E-state index is -4.46. The SMILES string of the molecule is C#CN1c2ccc([Si])cc2C(C)=C(C)C1(C)C(F)(F)F. The van der Waals surface area contributed by atoms with E-state index in [1.165, 1.54) is 6.92 Å². The third kappa shape index (κ3) is 1.79. The van der Waals surface area contributed by atoms with Gasteiger partial charge < -0.3 is 0 Å². The lowest BCUT2D eigenvalue weighted by atomic mass is 9.80. The van der Waals surface area contributed by atoms with Crippen molar-refractivity contribution in [2.24, 2.45) is 0 Å². The number of fused-ring (bicyclic) bond motifs is 1. The van der Waals surface area contributed by atoms with Gasteiger partial charge in [0, 0.05) is 11.6 Å². The minimum Gasteiger partial charge on any atom is -0.282 e. The molecule has 1 aliphatic rings. The summed E-state index contributed by atoms with van der Waals surface area (Å²) in [6.45, 7) is 4.30. The number of terminal acetylenes is 1. The summed E-state index contributed by atoms with van der Waals surface area (Å²) in [4.78, 5) is 0.969. The van der Waals surface area contributed by atoms with E-state index in [9.17, 15) is 13.2 Å². The highest BCUT2D eigenvalue weighted by Crippen LogP contribution is 2.49. The lowest BCUT2D eigenvalue weighted by molar-refractivity contribution is -0.168. The summed E-state index contributed by atoms with van der Waals surface area (Å²) >= 11 is 0. The van der Waals surface area contributed by atoms with Crippen molar-refractivity contribution in [3.8, 4) is 12.5 Å². The first kappa shape index (κ1) is 14.7. The number of rotatable bonds is 0. The van der Waals surface area contributed by atoms with Gasteiger partial charge in [-0.2, -0.15) is 13.2 Å². The van der Waals surface area contributed by atoms with Crippen molar-refractivity contribution < 1.29 is 13.2 Å². The third-order valence-electron chi connectivity index (χ3n) is 4.06. The zero-order chi connectivity index (χ0) is 15.3. The van der Waals surface area contributed by atoms with E-state index in [0.717, 1.165) is 22.6 Å². The lowest BCUT2D eigenvalue weighted by Crippen LogP contribution is -2.57. The smallest absolute Gasteiger partial charge is 0.282 e. The predicted octanol–water partition coefficient (Wildman–Crippen LogP) is 3.01. The molecule has 1 aromatic rings. The molecule has 0 saturated carbocycles. The van der Waals surface area contributed by atoms with Crippen molar-refractivity contribution in [2.45, 2.75) is 32.5 Å². The van der Waals surface area contributed by atoms with E-state index in [2.05, 4.69) is 16.3 Å². The Bertz CT molecular complexity index is 639. The molecule has 0 saturated heterocycles.